The summed E-state index contributed by atoms with van der Waals surface area (Å²) in [4.78, 5) is 21.6. The van der Waals surface area contributed by atoms with Gasteiger partial charge in [-0.3, -0.25) is 0 Å². The van der Waals surface area contributed by atoms with Gasteiger partial charge < -0.3 is 21.1 Å². The van der Waals surface area contributed by atoms with E-state index in [9.17, 15) is 0 Å². The topological polar surface area (TPSA) is 77.8 Å². The van der Waals surface area contributed by atoms with E-state index in [2.05, 4.69) is 20.3 Å². The quantitative estimate of drug-likeness (QED) is 0.221. The van der Waals surface area contributed by atoms with Crippen LogP contribution < -0.4 is 29.6 Å². The molecule has 21 heavy (non-hydrogen) atoms. The predicted octanol–water partition coefficient (Wildman–Crippen LogP) is 1.99. The Bertz CT molecular complexity index is 201. The van der Waals surface area contributed by atoms with Crippen LogP contribution in [-0.2, 0) is 4.57 Å². The Balaban J connectivity index is -0.000000465. The van der Waals surface area contributed by atoms with Crippen molar-refractivity contribution >= 4 is 7.82 Å². The maximum Gasteiger partial charge on any atom is 1.00 e. The SMILES string of the molecule is CCCCCCC[CH-]CCCCCCC.O=P(O)(O)O.[Na+]. The van der Waals surface area contributed by atoms with Crippen molar-refractivity contribution < 1.29 is 48.8 Å². The van der Waals surface area contributed by atoms with E-state index in [1.54, 1.807) is 0 Å². The fourth-order valence-electron chi connectivity index (χ4n) is 1.93. The fraction of sp³-hybridized carbons (Fsp3) is 0.933. The largest absolute Gasteiger partial charge is 1.00 e. The van der Waals surface area contributed by atoms with E-state index in [4.69, 9.17) is 19.2 Å². The van der Waals surface area contributed by atoms with Crippen molar-refractivity contribution in [3.05, 3.63) is 6.42 Å². The Kier molecular flexibility index (Phi) is 27.1. The second kappa shape index (κ2) is 21.1. The molecule has 0 fully saturated rings. The molecule has 0 aromatic rings. The van der Waals surface area contributed by atoms with Gasteiger partial charge in [-0.1, -0.05) is 78.1 Å². The molecule has 0 unspecified atom stereocenters. The Morgan fingerprint density at radius 1 is 0.714 bits per heavy atom. The van der Waals surface area contributed by atoms with Gasteiger partial charge in [-0.25, -0.2) is 4.57 Å². The average Bonchev–Trinajstić information content (AvgIpc) is 2.34. The molecule has 4 nitrogen and oxygen atoms in total. The van der Waals surface area contributed by atoms with E-state index in [-0.39, 0.29) is 29.6 Å². The summed E-state index contributed by atoms with van der Waals surface area (Å²) < 4.78 is 8.88. The van der Waals surface area contributed by atoms with Crippen molar-refractivity contribution in [2.45, 2.75) is 90.9 Å². The molecular weight excluding hydrogens is 298 g/mol. The van der Waals surface area contributed by atoms with E-state index >= 15 is 0 Å². The number of hydrogen-bond donors (Lipinski definition) is 3. The van der Waals surface area contributed by atoms with Crippen LogP contribution in [0.5, 0.6) is 0 Å². The first-order valence-electron chi connectivity index (χ1n) is 8.01. The van der Waals surface area contributed by atoms with Crippen LogP contribution in [0.25, 0.3) is 0 Å². The smallest absolute Gasteiger partial charge is 0.328 e. The summed E-state index contributed by atoms with van der Waals surface area (Å²) in [6.45, 7) is 4.56. The number of unbranched alkanes of at least 4 members (excludes halogenated alkanes) is 12. The summed E-state index contributed by atoms with van der Waals surface area (Å²) in [6.07, 6.45) is 19.4. The second-order valence-electron chi connectivity index (χ2n) is 5.21. The molecule has 0 heterocycles. The molecule has 0 aromatic heterocycles. The van der Waals surface area contributed by atoms with Gasteiger partial charge in [-0.05, 0) is 0 Å². The summed E-state index contributed by atoms with van der Waals surface area (Å²) in [6, 6.07) is 0. The minimum absolute atomic E-state index is 0. The average molecular weight is 332 g/mol. The van der Waals surface area contributed by atoms with Crippen LogP contribution in [0.15, 0.2) is 0 Å². The van der Waals surface area contributed by atoms with Gasteiger partial charge in [0.15, 0.2) is 0 Å². The number of rotatable bonds is 12. The first kappa shape index (κ1) is 27.0. The molecule has 0 aliphatic rings. The molecule has 0 atom stereocenters. The van der Waals surface area contributed by atoms with Crippen LogP contribution in [0.1, 0.15) is 90.9 Å². The van der Waals surface area contributed by atoms with Crippen molar-refractivity contribution in [2.24, 2.45) is 0 Å². The molecule has 0 spiro atoms. The van der Waals surface area contributed by atoms with E-state index < -0.39 is 7.82 Å². The summed E-state index contributed by atoms with van der Waals surface area (Å²) in [5.41, 5.74) is 0. The monoisotopic (exact) mass is 332 g/mol. The van der Waals surface area contributed by atoms with Gasteiger partial charge in [-0.15, -0.1) is 0 Å². The summed E-state index contributed by atoms with van der Waals surface area (Å²) in [7, 11) is -4.64. The Morgan fingerprint density at radius 3 is 1.29 bits per heavy atom. The minimum Gasteiger partial charge on any atom is -0.328 e. The van der Waals surface area contributed by atoms with Crippen LogP contribution in [0.3, 0.4) is 0 Å². The van der Waals surface area contributed by atoms with Gasteiger partial charge in [0.2, 0.25) is 0 Å². The molecule has 0 bridgehead atoms. The van der Waals surface area contributed by atoms with Crippen molar-refractivity contribution in [1.29, 1.82) is 0 Å². The van der Waals surface area contributed by atoms with Crippen molar-refractivity contribution in [1.82, 2.24) is 0 Å². The van der Waals surface area contributed by atoms with Gasteiger partial charge in [0, 0.05) is 0 Å². The molecule has 0 aliphatic carbocycles. The second-order valence-corrected chi connectivity index (χ2v) is 6.23. The van der Waals surface area contributed by atoms with Crippen molar-refractivity contribution in [2.75, 3.05) is 0 Å². The minimum atomic E-state index is -4.64. The first-order valence-corrected chi connectivity index (χ1v) is 9.58. The maximum atomic E-state index is 8.88. The summed E-state index contributed by atoms with van der Waals surface area (Å²) >= 11 is 0. The van der Waals surface area contributed by atoms with Crippen LogP contribution in [0.2, 0.25) is 0 Å². The molecule has 0 aliphatic heterocycles. The zero-order valence-electron chi connectivity index (χ0n) is 14.3. The van der Waals surface area contributed by atoms with Crippen LogP contribution in [0, 0.1) is 6.42 Å². The Hall–Kier alpha value is 1.11. The molecule has 0 saturated carbocycles. The Labute approximate surface area is 153 Å². The van der Waals surface area contributed by atoms with Gasteiger partial charge in [0.25, 0.3) is 0 Å². The zero-order chi connectivity index (χ0) is 15.7. The van der Waals surface area contributed by atoms with Gasteiger partial charge >= 0.3 is 37.4 Å². The third-order valence-electron chi connectivity index (χ3n) is 3.02. The molecule has 0 saturated heterocycles. The third-order valence-corrected chi connectivity index (χ3v) is 3.02. The zero-order valence-corrected chi connectivity index (χ0v) is 17.2. The summed E-state index contributed by atoms with van der Waals surface area (Å²) in [5, 5.41) is 0. The van der Waals surface area contributed by atoms with Gasteiger partial charge in [0.1, 0.15) is 0 Å². The molecule has 0 aromatic carbocycles. The third kappa shape index (κ3) is 44.9. The molecule has 124 valence electrons. The molecule has 6 heteroatoms. The van der Waals surface area contributed by atoms with Crippen molar-refractivity contribution in [3.63, 3.8) is 0 Å². The van der Waals surface area contributed by atoms with Crippen LogP contribution >= 0.6 is 7.82 Å². The number of phosphoric acid groups is 1. The predicted molar refractivity (Wildman–Crippen MR) is 85.3 cm³/mol. The Morgan fingerprint density at radius 2 is 1.00 bits per heavy atom. The molecular formula is C15H34NaO4P. The number of hydrogen-bond acceptors (Lipinski definition) is 1. The van der Waals surface area contributed by atoms with Gasteiger partial charge in [-0.2, -0.15) is 12.8 Å². The van der Waals surface area contributed by atoms with Crippen LogP contribution in [0.4, 0.5) is 0 Å². The molecule has 0 amide bonds. The van der Waals surface area contributed by atoms with E-state index in [1.807, 2.05) is 0 Å². The molecule has 0 radical (unpaired) electrons. The van der Waals surface area contributed by atoms with E-state index in [0.717, 1.165) is 0 Å². The van der Waals surface area contributed by atoms with E-state index in [1.165, 1.54) is 77.0 Å². The van der Waals surface area contributed by atoms with Gasteiger partial charge in [0.05, 0.1) is 0 Å². The first-order chi connectivity index (χ1) is 9.41. The van der Waals surface area contributed by atoms with E-state index in [0.29, 0.717) is 0 Å². The normalized spacial score (nSPS) is 10.5. The molecule has 0 rings (SSSR count). The van der Waals surface area contributed by atoms with Crippen LogP contribution in [-0.4, -0.2) is 14.7 Å². The van der Waals surface area contributed by atoms with Crippen molar-refractivity contribution in [3.8, 4) is 0 Å². The maximum absolute atomic E-state index is 8.88. The standard InChI is InChI=1S/C15H31.Na.H3O4P/c1-3-5-7-9-11-13-15-14-12-10-8-6-4-2;;1-5(2,3)4/h15H,3-14H2,1-2H3;;(H3,1,2,3,4)/q-1;+1;. The molecule has 3 N–H and O–H groups in total. The fourth-order valence-corrected chi connectivity index (χ4v) is 1.93. The summed E-state index contributed by atoms with van der Waals surface area (Å²) in [5.74, 6) is 0.